The lowest BCUT2D eigenvalue weighted by Gasteiger charge is -2.19. The minimum absolute atomic E-state index is 0.0138. The zero-order valence-electron chi connectivity index (χ0n) is 12.9. The third-order valence-corrected chi connectivity index (χ3v) is 3.65. The zero-order chi connectivity index (χ0) is 18.6. The molecule has 2 rings (SSSR count). The molecule has 0 aliphatic rings. The molecule has 0 aliphatic heterocycles. The molecular formula is C16H13ClF3NO4. The Bertz CT molecular complexity index is 767. The molecule has 0 radical (unpaired) electrons. The molecule has 0 aromatic heterocycles. The molecule has 1 atom stereocenters. The van der Waals surface area contributed by atoms with E-state index in [-0.39, 0.29) is 22.9 Å². The lowest BCUT2D eigenvalue weighted by atomic mass is 10.1. The van der Waals surface area contributed by atoms with Crippen LogP contribution in [0.4, 0.5) is 18.9 Å². The van der Waals surface area contributed by atoms with Gasteiger partial charge >= 0.3 is 6.18 Å². The molecule has 0 fully saturated rings. The molecule has 1 unspecified atom stereocenters. The number of alkyl halides is 3. The van der Waals surface area contributed by atoms with Gasteiger partial charge in [-0.25, -0.2) is 0 Å². The average molecular weight is 376 g/mol. The first kappa shape index (κ1) is 19.0. The number of rotatable bonds is 6. The van der Waals surface area contributed by atoms with E-state index in [0.29, 0.717) is 5.56 Å². The van der Waals surface area contributed by atoms with Crippen LogP contribution in [0.5, 0.6) is 5.75 Å². The molecule has 0 N–H and O–H groups in total. The van der Waals surface area contributed by atoms with Gasteiger partial charge in [0.05, 0.1) is 15.5 Å². The predicted octanol–water partition coefficient (Wildman–Crippen LogP) is 4.86. The van der Waals surface area contributed by atoms with Crippen molar-refractivity contribution in [2.45, 2.75) is 18.9 Å². The monoisotopic (exact) mass is 375 g/mol. The Hall–Kier alpha value is -2.32. The third-order valence-electron chi connectivity index (χ3n) is 3.36. The third kappa shape index (κ3) is 4.83. The summed E-state index contributed by atoms with van der Waals surface area (Å²) in [5.41, 5.74) is -0.647. The van der Waals surface area contributed by atoms with E-state index in [1.54, 1.807) is 12.1 Å². The predicted molar refractivity (Wildman–Crippen MR) is 84.7 cm³/mol. The summed E-state index contributed by atoms with van der Waals surface area (Å²) in [6.45, 7) is 0. The van der Waals surface area contributed by atoms with Crippen molar-refractivity contribution in [3.8, 4) is 5.75 Å². The molecule has 0 amide bonds. The Kier molecular flexibility index (Phi) is 5.86. The number of hydrogen-bond donors (Lipinski definition) is 0. The first-order valence-electron chi connectivity index (χ1n) is 7.01. The van der Waals surface area contributed by atoms with Crippen molar-refractivity contribution in [2.24, 2.45) is 0 Å². The second-order valence-corrected chi connectivity index (χ2v) is 5.42. The second kappa shape index (κ2) is 7.71. The molecule has 0 heterocycles. The summed E-state index contributed by atoms with van der Waals surface area (Å²) in [6.07, 6.45) is -5.46. The van der Waals surface area contributed by atoms with Crippen LogP contribution < -0.4 is 4.74 Å². The number of para-hydroxylation sites is 1. The van der Waals surface area contributed by atoms with Crippen LogP contribution in [0.1, 0.15) is 11.1 Å². The molecule has 0 spiro atoms. The molecule has 2 aromatic carbocycles. The standard InChI is InChI=1S/C16H13ClF3NO4/c1-24-15(8-10-4-2-3-5-13(10)21(22)23)25-14-7-6-11(9-12(14)17)16(18,19)20/h2-7,9,15H,8H2,1H3. The normalized spacial score (nSPS) is 12.7. The smallest absolute Gasteiger partial charge is 0.416 e. The van der Waals surface area contributed by atoms with E-state index in [1.807, 2.05) is 0 Å². The quantitative estimate of drug-likeness (QED) is 0.411. The van der Waals surface area contributed by atoms with Crippen molar-refractivity contribution >= 4 is 17.3 Å². The molecule has 2 aromatic rings. The molecule has 0 saturated carbocycles. The van der Waals surface area contributed by atoms with Crippen molar-refractivity contribution in [3.05, 3.63) is 68.7 Å². The van der Waals surface area contributed by atoms with Crippen molar-refractivity contribution < 1.29 is 27.6 Å². The lowest BCUT2D eigenvalue weighted by Crippen LogP contribution is -2.22. The van der Waals surface area contributed by atoms with Gasteiger partial charge in [0.2, 0.25) is 6.29 Å². The summed E-state index contributed by atoms with van der Waals surface area (Å²) in [5.74, 6) is -0.0138. The summed E-state index contributed by atoms with van der Waals surface area (Å²) in [4.78, 5) is 10.5. The van der Waals surface area contributed by atoms with Crippen LogP contribution >= 0.6 is 11.6 Å². The van der Waals surface area contributed by atoms with E-state index in [2.05, 4.69) is 0 Å². The number of halogens is 4. The molecule has 0 bridgehead atoms. The number of methoxy groups -OCH3 is 1. The van der Waals surface area contributed by atoms with Gasteiger partial charge in [-0.2, -0.15) is 13.2 Å². The average Bonchev–Trinajstić information content (AvgIpc) is 2.55. The first-order chi connectivity index (χ1) is 11.7. The molecule has 0 saturated heterocycles. The van der Waals surface area contributed by atoms with Gasteiger partial charge in [0.15, 0.2) is 0 Å². The fourth-order valence-corrected chi connectivity index (χ4v) is 2.35. The van der Waals surface area contributed by atoms with Gasteiger partial charge in [-0.15, -0.1) is 0 Å². The van der Waals surface area contributed by atoms with E-state index in [9.17, 15) is 23.3 Å². The Morgan fingerprint density at radius 1 is 1.24 bits per heavy atom. The van der Waals surface area contributed by atoms with Crippen molar-refractivity contribution in [1.82, 2.24) is 0 Å². The number of ether oxygens (including phenoxy) is 2. The van der Waals surface area contributed by atoms with E-state index in [0.717, 1.165) is 18.2 Å². The van der Waals surface area contributed by atoms with Gasteiger partial charge in [-0.1, -0.05) is 29.8 Å². The van der Waals surface area contributed by atoms with Gasteiger partial charge in [0.1, 0.15) is 5.75 Å². The van der Waals surface area contributed by atoms with Gasteiger partial charge in [-0.05, 0) is 18.2 Å². The SMILES string of the molecule is COC(Cc1ccccc1[N+](=O)[O-])Oc1ccc(C(F)(F)F)cc1Cl. The number of nitro groups is 1. The Labute approximate surface area is 146 Å². The van der Waals surface area contributed by atoms with Crippen molar-refractivity contribution in [2.75, 3.05) is 7.11 Å². The summed E-state index contributed by atoms with van der Waals surface area (Å²) in [7, 11) is 1.32. The minimum atomic E-state index is -4.52. The second-order valence-electron chi connectivity index (χ2n) is 5.02. The van der Waals surface area contributed by atoms with Crippen LogP contribution in [-0.2, 0) is 17.3 Å². The number of benzene rings is 2. The largest absolute Gasteiger partial charge is 0.463 e. The highest BCUT2D eigenvalue weighted by atomic mass is 35.5. The van der Waals surface area contributed by atoms with Crippen LogP contribution in [0.3, 0.4) is 0 Å². The zero-order valence-corrected chi connectivity index (χ0v) is 13.7. The van der Waals surface area contributed by atoms with Gasteiger partial charge in [-0.3, -0.25) is 10.1 Å². The van der Waals surface area contributed by atoms with Crippen LogP contribution in [0.25, 0.3) is 0 Å². The molecular weight excluding hydrogens is 363 g/mol. The van der Waals surface area contributed by atoms with E-state index in [4.69, 9.17) is 21.1 Å². The topological polar surface area (TPSA) is 61.6 Å². The van der Waals surface area contributed by atoms with Gasteiger partial charge < -0.3 is 9.47 Å². The van der Waals surface area contributed by atoms with Gasteiger partial charge in [0, 0.05) is 25.2 Å². The summed E-state index contributed by atoms with van der Waals surface area (Å²) in [6, 6.07) is 8.69. The van der Waals surface area contributed by atoms with Gasteiger partial charge in [0.25, 0.3) is 5.69 Å². The summed E-state index contributed by atoms with van der Waals surface area (Å²) >= 11 is 5.83. The van der Waals surface area contributed by atoms with E-state index < -0.39 is 23.0 Å². The number of nitro benzene ring substituents is 1. The van der Waals surface area contributed by atoms with E-state index >= 15 is 0 Å². The maximum Gasteiger partial charge on any atom is 0.416 e. The molecule has 134 valence electrons. The lowest BCUT2D eigenvalue weighted by molar-refractivity contribution is -0.385. The highest BCUT2D eigenvalue weighted by molar-refractivity contribution is 6.32. The first-order valence-corrected chi connectivity index (χ1v) is 7.38. The number of hydrogen-bond acceptors (Lipinski definition) is 4. The maximum atomic E-state index is 12.6. The fourth-order valence-electron chi connectivity index (χ4n) is 2.13. The maximum absolute atomic E-state index is 12.6. The van der Waals surface area contributed by atoms with Crippen LogP contribution in [-0.4, -0.2) is 18.3 Å². The highest BCUT2D eigenvalue weighted by Gasteiger charge is 2.31. The Balaban J connectivity index is 2.19. The Morgan fingerprint density at radius 2 is 1.92 bits per heavy atom. The van der Waals surface area contributed by atoms with Crippen LogP contribution in [0.2, 0.25) is 5.02 Å². The minimum Gasteiger partial charge on any atom is -0.463 e. The summed E-state index contributed by atoms with van der Waals surface area (Å²) < 4.78 is 48.5. The summed E-state index contributed by atoms with van der Waals surface area (Å²) in [5, 5.41) is 10.8. The van der Waals surface area contributed by atoms with Crippen LogP contribution in [0.15, 0.2) is 42.5 Å². The number of nitrogens with zero attached hydrogens (tertiary/aromatic N) is 1. The molecule has 0 aliphatic carbocycles. The molecule has 9 heteroatoms. The Morgan fingerprint density at radius 3 is 2.48 bits per heavy atom. The molecule has 25 heavy (non-hydrogen) atoms. The van der Waals surface area contributed by atoms with E-state index in [1.165, 1.54) is 19.2 Å². The highest BCUT2D eigenvalue weighted by Crippen LogP contribution is 2.35. The van der Waals surface area contributed by atoms with Crippen LogP contribution in [0, 0.1) is 10.1 Å². The van der Waals surface area contributed by atoms with Crippen molar-refractivity contribution in [3.63, 3.8) is 0 Å². The molecule has 5 nitrogen and oxygen atoms in total. The fraction of sp³-hybridized carbons (Fsp3) is 0.250. The van der Waals surface area contributed by atoms with Crippen molar-refractivity contribution in [1.29, 1.82) is 0 Å².